The lowest BCUT2D eigenvalue weighted by Gasteiger charge is -2.43. The first-order valence-electron chi connectivity index (χ1n) is 14.4. The van der Waals surface area contributed by atoms with Gasteiger partial charge < -0.3 is 23.8 Å². The lowest BCUT2D eigenvalue weighted by molar-refractivity contribution is -0.152. The molecule has 1 fully saturated rings. The van der Waals surface area contributed by atoms with Crippen molar-refractivity contribution in [2.24, 2.45) is 0 Å². The van der Waals surface area contributed by atoms with Gasteiger partial charge in [-0.2, -0.15) is 26.3 Å². The largest absolute Gasteiger partial charge is 0.462 e. The van der Waals surface area contributed by atoms with E-state index in [1.807, 2.05) is 0 Å². The van der Waals surface area contributed by atoms with Gasteiger partial charge >= 0.3 is 24.3 Å². The number of carbonyl (C=O) groups is 3. The monoisotopic (exact) mass is 662 g/mol. The van der Waals surface area contributed by atoms with Gasteiger partial charge in [-0.25, -0.2) is 0 Å². The third kappa shape index (κ3) is 11.0. The molecule has 0 saturated carbocycles. The highest BCUT2D eigenvalue weighted by Crippen LogP contribution is 2.37. The summed E-state index contributed by atoms with van der Waals surface area (Å²) in [6, 6.07) is 8.41. The van der Waals surface area contributed by atoms with Crippen LogP contribution in [0, 0.1) is 0 Å². The number of benzene rings is 2. The average molecular weight is 663 g/mol. The first-order valence-corrected chi connectivity index (χ1v) is 14.4. The van der Waals surface area contributed by atoms with Crippen LogP contribution < -0.4 is 0 Å². The van der Waals surface area contributed by atoms with Gasteiger partial charge in [0, 0.05) is 38.4 Å². The molecule has 1 aliphatic rings. The number of nitrogens with zero attached hydrogens (tertiary/aromatic N) is 2. The van der Waals surface area contributed by atoms with Crippen molar-refractivity contribution in [2.75, 3.05) is 60.3 Å². The minimum atomic E-state index is -5.12. The number of piperidine rings is 1. The fraction of sp³-hybridized carbons (Fsp3) is 0.516. The molecule has 0 bridgehead atoms. The highest BCUT2D eigenvalue weighted by molar-refractivity contribution is 5.95. The van der Waals surface area contributed by atoms with Crippen LogP contribution in [-0.2, 0) is 47.3 Å². The number of likely N-dealkylation sites (tertiary alicyclic amines) is 1. The van der Waals surface area contributed by atoms with Gasteiger partial charge in [-0.3, -0.25) is 19.3 Å². The quantitative estimate of drug-likeness (QED) is 0.165. The van der Waals surface area contributed by atoms with E-state index >= 15 is 0 Å². The van der Waals surface area contributed by atoms with E-state index in [0.717, 1.165) is 5.56 Å². The summed E-state index contributed by atoms with van der Waals surface area (Å²) in [6.07, 6.45) is -9.74. The van der Waals surface area contributed by atoms with Crippen molar-refractivity contribution in [2.45, 2.75) is 43.7 Å². The number of amides is 1. The Morgan fingerprint density at radius 2 is 1.33 bits per heavy atom. The number of halogens is 6. The van der Waals surface area contributed by atoms with E-state index in [1.165, 1.54) is 24.0 Å². The van der Waals surface area contributed by atoms with E-state index < -0.39 is 59.0 Å². The molecule has 1 aliphatic heterocycles. The lowest BCUT2D eigenvalue weighted by atomic mass is 9.90. The molecule has 15 heteroatoms. The van der Waals surface area contributed by atoms with Gasteiger partial charge in [0.1, 0.15) is 13.2 Å². The van der Waals surface area contributed by atoms with E-state index in [2.05, 4.69) is 0 Å². The van der Waals surface area contributed by atoms with E-state index in [4.69, 9.17) is 18.9 Å². The maximum atomic E-state index is 13.7. The first-order chi connectivity index (χ1) is 21.7. The molecule has 0 aliphatic carbocycles. The summed E-state index contributed by atoms with van der Waals surface area (Å²) >= 11 is 0. The van der Waals surface area contributed by atoms with E-state index in [9.17, 15) is 40.7 Å². The zero-order chi connectivity index (χ0) is 33.9. The Kier molecular flexibility index (Phi) is 13.4. The van der Waals surface area contributed by atoms with E-state index in [1.54, 1.807) is 30.3 Å². The summed E-state index contributed by atoms with van der Waals surface area (Å²) in [7, 11) is 2.86. The Morgan fingerprint density at radius 3 is 1.80 bits per heavy atom. The summed E-state index contributed by atoms with van der Waals surface area (Å²) in [4.78, 5) is 41.7. The van der Waals surface area contributed by atoms with Gasteiger partial charge in [0.15, 0.2) is 0 Å². The number of rotatable bonds is 14. The van der Waals surface area contributed by atoms with Gasteiger partial charge in [0.05, 0.1) is 37.4 Å². The van der Waals surface area contributed by atoms with Crippen molar-refractivity contribution in [3.63, 3.8) is 0 Å². The molecule has 0 radical (unpaired) electrons. The molecule has 2 aromatic carbocycles. The highest BCUT2D eigenvalue weighted by Gasteiger charge is 2.40. The van der Waals surface area contributed by atoms with Crippen molar-refractivity contribution in [3.8, 4) is 0 Å². The molecule has 1 amide bonds. The maximum Gasteiger partial charge on any atom is 0.416 e. The number of hydrogen-bond acceptors (Lipinski definition) is 8. The summed E-state index contributed by atoms with van der Waals surface area (Å²) < 4.78 is 102. The fourth-order valence-electron chi connectivity index (χ4n) is 5.17. The van der Waals surface area contributed by atoms with Crippen LogP contribution in [0.4, 0.5) is 26.3 Å². The molecule has 2 aromatic rings. The topological polar surface area (TPSA) is 94.6 Å². The van der Waals surface area contributed by atoms with Crippen molar-refractivity contribution in [3.05, 3.63) is 70.8 Å². The Morgan fingerprint density at radius 1 is 0.804 bits per heavy atom. The van der Waals surface area contributed by atoms with E-state index in [-0.39, 0.29) is 71.4 Å². The van der Waals surface area contributed by atoms with Gasteiger partial charge in [0.2, 0.25) is 0 Å². The van der Waals surface area contributed by atoms with Crippen LogP contribution in [0.1, 0.15) is 39.9 Å². The molecule has 1 heterocycles. The Balaban J connectivity index is 1.93. The number of hydrogen-bond donors (Lipinski definition) is 0. The number of alkyl halides is 6. The third-order valence-electron chi connectivity index (χ3n) is 7.38. The number of carbonyl (C=O) groups excluding carboxylic acids is 3. The summed E-state index contributed by atoms with van der Waals surface area (Å²) in [6.45, 7) is -0.465. The molecular formula is C31H36F6N2O7. The molecule has 0 spiro atoms. The van der Waals surface area contributed by atoms with E-state index in [0.29, 0.717) is 12.1 Å². The predicted molar refractivity (Wildman–Crippen MR) is 152 cm³/mol. The predicted octanol–water partition coefficient (Wildman–Crippen LogP) is 4.62. The van der Waals surface area contributed by atoms with Crippen molar-refractivity contribution in [1.29, 1.82) is 0 Å². The Hall–Kier alpha value is -3.69. The zero-order valence-electron chi connectivity index (χ0n) is 25.4. The number of esters is 2. The first kappa shape index (κ1) is 36.8. The van der Waals surface area contributed by atoms with Gasteiger partial charge in [-0.15, -0.1) is 0 Å². The minimum Gasteiger partial charge on any atom is -0.462 e. The van der Waals surface area contributed by atoms with Crippen molar-refractivity contribution >= 4 is 17.8 Å². The van der Waals surface area contributed by atoms with Crippen LogP contribution in [0.25, 0.3) is 0 Å². The Labute approximate surface area is 262 Å². The van der Waals surface area contributed by atoms with Crippen LogP contribution in [-0.4, -0.2) is 100 Å². The molecule has 254 valence electrons. The molecule has 46 heavy (non-hydrogen) atoms. The smallest absolute Gasteiger partial charge is 0.416 e. The lowest BCUT2D eigenvalue weighted by Crippen LogP contribution is -2.54. The van der Waals surface area contributed by atoms with Gasteiger partial charge in [-0.05, 0) is 43.0 Å². The second kappa shape index (κ2) is 16.7. The molecule has 2 atom stereocenters. The molecule has 9 nitrogen and oxygen atoms in total. The molecule has 0 unspecified atom stereocenters. The summed E-state index contributed by atoms with van der Waals surface area (Å²) in [5, 5.41) is 0. The molecule has 1 saturated heterocycles. The van der Waals surface area contributed by atoms with Crippen molar-refractivity contribution < 1.29 is 59.7 Å². The van der Waals surface area contributed by atoms with Crippen LogP contribution in [0.3, 0.4) is 0 Å². The second-order valence-electron chi connectivity index (χ2n) is 10.6. The van der Waals surface area contributed by atoms with Crippen LogP contribution >= 0.6 is 0 Å². The summed E-state index contributed by atoms with van der Waals surface area (Å²) in [5.74, 6) is -2.30. The molecular weight excluding hydrogens is 626 g/mol. The molecule has 0 aromatic heterocycles. The fourth-order valence-corrected chi connectivity index (χ4v) is 5.17. The van der Waals surface area contributed by atoms with Crippen molar-refractivity contribution in [1.82, 2.24) is 9.80 Å². The molecule has 3 rings (SSSR count). The number of methoxy groups -OCH3 is 2. The van der Waals surface area contributed by atoms with Gasteiger partial charge in [0.25, 0.3) is 5.91 Å². The zero-order valence-corrected chi connectivity index (χ0v) is 25.4. The number of ether oxygens (including phenoxy) is 4. The standard InChI is InChI=1S/C31H36F6N2O7/c1-43-10-12-45-27(40)19-38(20-28(41)46-13-11-44-2)25-8-9-39(26(18-25)14-21-6-4-3-5-7-21)29(42)22-15-23(30(32,33)34)17-24(16-22)31(35,36)37/h3-7,15-17,25-26H,8-14,18-20H2,1-2H3/t25-,26+/m0/s1. The SMILES string of the molecule is COCCOC(=O)CN(CC(=O)OCCOC)[C@H]1CCN(C(=O)c2cc(C(F)(F)F)cc(C(F)(F)F)c2)[C@H](Cc2ccccc2)C1. The van der Waals surface area contributed by atoms with Crippen LogP contribution in [0.5, 0.6) is 0 Å². The summed E-state index contributed by atoms with van der Waals surface area (Å²) in [5.41, 5.74) is -3.18. The average Bonchev–Trinajstić information content (AvgIpc) is 3.00. The van der Waals surface area contributed by atoms with Crippen LogP contribution in [0.15, 0.2) is 48.5 Å². The minimum absolute atomic E-state index is 0.0259. The van der Waals surface area contributed by atoms with Gasteiger partial charge in [-0.1, -0.05) is 30.3 Å². The highest BCUT2D eigenvalue weighted by atomic mass is 19.4. The second-order valence-corrected chi connectivity index (χ2v) is 10.6. The maximum absolute atomic E-state index is 13.7. The normalized spacial score (nSPS) is 17.2. The Bertz CT molecular complexity index is 1250. The molecule has 0 N–H and O–H groups in total. The van der Waals surface area contributed by atoms with Crippen LogP contribution in [0.2, 0.25) is 0 Å². The third-order valence-corrected chi connectivity index (χ3v) is 7.38.